The third kappa shape index (κ3) is 1.63. The van der Waals surface area contributed by atoms with Crippen LogP contribution < -0.4 is 0 Å². The van der Waals surface area contributed by atoms with Gasteiger partial charge in [-0.15, -0.1) is 32.1 Å². The van der Waals surface area contributed by atoms with Crippen molar-refractivity contribution >= 4 is 0 Å². The lowest BCUT2D eigenvalue weighted by atomic mass is 9.51. The Bertz CT molecular complexity index is 907. The molecule has 24 heavy (non-hydrogen) atoms. The van der Waals surface area contributed by atoms with E-state index in [9.17, 15) is 0 Å². The topological polar surface area (TPSA) is 3.24 Å². The molecule has 0 radical (unpaired) electrons. The fourth-order valence-corrected chi connectivity index (χ4v) is 3.16. The van der Waals surface area contributed by atoms with E-state index in [0.717, 1.165) is 0 Å². The zero-order chi connectivity index (χ0) is 17.8. The summed E-state index contributed by atoms with van der Waals surface area (Å²) in [6.45, 7) is 0. The monoisotopic (exact) mass is 303 g/mol. The SMILES string of the molecule is C#CN1C=CC(C#C)(C#C)C(C#C)(C#C)C1(C#C)c1ccccc1. The Labute approximate surface area is 144 Å². The summed E-state index contributed by atoms with van der Waals surface area (Å²) < 4.78 is 0. The van der Waals surface area contributed by atoms with Gasteiger partial charge in [0.1, 0.15) is 5.41 Å². The number of nitrogens with zero attached hydrogens (tertiary/aromatic N) is 1. The second kappa shape index (κ2) is 5.72. The lowest BCUT2D eigenvalue weighted by Gasteiger charge is -2.53. The molecular weight excluding hydrogens is 290 g/mol. The summed E-state index contributed by atoms with van der Waals surface area (Å²) in [5.74, 6) is 13.1. The third-order valence-corrected chi connectivity index (χ3v) is 4.40. The van der Waals surface area contributed by atoms with E-state index in [4.69, 9.17) is 38.5 Å². The fraction of sp³-hybridized carbons (Fsp3) is 0.130. The molecule has 1 nitrogen and oxygen atoms in total. The Morgan fingerprint density at radius 3 is 1.75 bits per heavy atom. The highest BCUT2D eigenvalue weighted by Crippen LogP contribution is 2.57. The van der Waals surface area contributed by atoms with Crippen molar-refractivity contribution in [1.29, 1.82) is 0 Å². The van der Waals surface area contributed by atoms with Gasteiger partial charge in [-0.1, -0.05) is 66.4 Å². The highest BCUT2D eigenvalue weighted by molar-refractivity contribution is 5.58. The molecule has 0 aliphatic carbocycles. The van der Waals surface area contributed by atoms with Gasteiger partial charge in [0.25, 0.3) is 0 Å². The molecule has 1 atom stereocenters. The molecule has 1 heteroatoms. The van der Waals surface area contributed by atoms with Gasteiger partial charge in [-0.2, -0.15) is 0 Å². The predicted octanol–water partition coefficient (Wildman–Crippen LogP) is 2.44. The Kier molecular flexibility index (Phi) is 3.93. The molecule has 0 spiro atoms. The van der Waals surface area contributed by atoms with Crippen LogP contribution in [0, 0.1) is 85.0 Å². The van der Waals surface area contributed by atoms with E-state index in [1.54, 1.807) is 24.4 Å². The normalized spacial score (nSPS) is 22.5. The molecule has 0 fully saturated rings. The van der Waals surface area contributed by atoms with Crippen LogP contribution in [-0.2, 0) is 5.54 Å². The van der Waals surface area contributed by atoms with Crippen molar-refractivity contribution in [3.63, 3.8) is 0 Å². The Balaban J connectivity index is 3.09. The van der Waals surface area contributed by atoms with Gasteiger partial charge in [-0.05, 0) is 11.6 Å². The first-order chi connectivity index (χ1) is 11.6. The van der Waals surface area contributed by atoms with E-state index in [1.807, 2.05) is 18.2 Å². The Morgan fingerprint density at radius 1 is 0.750 bits per heavy atom. The second-order valence-corrected chi connectivity index (χ2v) is 5.17. The molecular formula is C23H13N. The molecule has 0 N–H and O–H groups in total. The van der Waals surface area contributed by atoms with Crippen LogP contribution in [0.1, 0.15) is 5.56 Å². The van der Waals surface area contributed by atoms with Crippen LogP contribution in [-0.4, -0.2) is 4.90 Å². The standard InChI is InChI=1S/C23H13N/c1-7-21(8-2)18-19-24(12-6)23(11-5,22(21,9-3)10-4)20-16-14-13-15-17-20/h1-6,13-19H. The van der Waals surface area contributed by atoms with E-state index in [-0.39, 0.29) is 0 Å². The summed E-state index contributed by atoms with van der Waals surface area (Å²) >= 11 is 0. The second-order valence-electron chi connectivity index (χ2n) is 5.17. The van der Waals surface area contributed by atoms with Crippen LogP contribution >= 0.6 is 0 Å². The maximum Gasteiger partial charge on any atom is 0.168 e. The highest BCUT2D eigenvalue weighted by atomic mass is 15.2. The zero-order valence-corrected chi connectivity index (χ0v) is 13.0. The fourth-order valence-electron chi connectivity index (χ4n) is 3.16. The van der Waals surface area contributed by atoms with Gasteiger partial charge in [-0.25, -0.2) is 0 Å². The van der Waals surface area contributed by atoms with Crippen molar-refractivity contribution in [3.05, 3.63) is 48.2 Å². The van der Waals surface area contributed by atoms with Crippen LogP contribution in [0.25, 0.3) is 0 Å². The van der Waals surface area contributed by atoms with Gasteiger partial charge in [-0.3, -0.25) is 4.90 Å². The summed E-state index contributed by atoms with van der Waals surface area (Å²) in [7, 11) is 0. The van der Waals surface area contributed by atoms with Crippen molar-refractivity contribution in [1.82, 2.24) is 4.90 Å². The van der Waals surface area contributed by atoms with Gasteiger partial charge < -0.3 is 0 Å². The van der Waals surface area contributed by atoms with Gasteiger partial charge in [0, 0.05) is 12.2 Å². The number of hydrogen-bond donors (Lipinski definition) is 0. The molecule has 0 aromatic heterocycles. The van der Waals surface area contributed by atoms with E-state index in [2.05, 4.69) is 35.6 Å². The molecule has 0 bridgehead atoms. The van der Waals surface area contributed by atoms with E-state index >= 15 is 0 Å². The number of hydrogen-bond acceptors (Lipinski definition) is 1. The Morgan fingerprint density at radius 2 is 1.33 bits per heavy atom. The van der Waals surface area contributed by atoms with Gasteiger partial charge >= 0.3 is 0 Å². The summed E-state index contributed by atoms with van der Waals surface area (Å²) in [5.41, 5.74) is -3.67. The number of rotatable bonds is 1. The van der Waals surface area contributed by atoms with Crippen molar-refractivity contribution in [2.45, 2.75) is 5.54 Å². The average molecular weight is 303 g/mol. The molecule has 1 aromatic carbocycles. The van der Waals surface area contributed by atoms with Gasteiger partial charge in [0.2, 0.25) is 0 Å². The Hall–Kier alpha value is -3.88. The molecule has 1 aliphatic rings. The van der Waals surface area contributed by atoms with Crippen molar-refractivity contribution in [2.75, 3.05) is 0 Å². The minimum absolute atomic E-state index is 0.639. The molecule has 1 aliphatic heterocycles. The molecule has 0 saturated heterocycles. The number of terminal acetylenes is 6. The van der Waals surface area contributed by atoms with Crippen LogP contribution in [0.15, 0.2) is 42.6 Å². The molecule has 1 heterocycles. The lowest BCUT2D eigenvalue weighted by molar-refractivity contribution is 0.113. The number of benzene rings is 1. The van der Waals surface area contributed by atoms with Crippen LogP contribution in [0.5, 0.6) is 0 Å². The minimum atomic E-state index is -1.54. The van der Waals surface area contributed by atoms with Gasteiger partial charge in [0.15, 0.2) is 11.0 Å². The van der Waals surface area contributed by atoms with Gasteiger partial charge in [0.05, 0.1) is 0 Å². The largest absolute Gasteiger partial charge is 0.284 e. The molecule has 110 valence electrons. The van der Waals surface area contributed by atoms with Crippen molar-refractivity contribution < 1.29 is 0 Å². The number of allylic oxidation sites excluding steroid dienone is 1. The summed E-state index contributed by atoms with van der Waals surface area (Å²) in [5, 5.41) is 0. The third-order valence-electron chi connectivity index (χ3n) is 4.40. The smallest absolute Gasteiger partial charge is 0.168 e. The first kappa shape index (κ1) is 16.5. The summed E-state index contributed by atoms with van der Waals surface area (Å²) in [6.07, 6.45) is 38.0. The lowest BCUT2D eigenvalue weighted by Crippen LogP contribution is -2.61. The van der Waals surface area contributed by atoms with Crippen LogP contribution in [0.2, 0.25) is 0 Å². The quantitative estimate of drug-likeness (QED) is 0.720. The first-order valence-corrected chi connectivity index (χ1v) is 6.97. The molecule has 1 aromatic rings. The van der Waals surface area contributed by atoms with Crippen LogP contribution in [0.3, 0.4) is 0 Å². The summed E-state index contributed by atoms with van der Waals surface area (Å²) in [4.78, 5) is 1.45. The molecule has 0 amide bonds. The summed E-state index contributed by atoms with van der Waals surface area (Å²) in [6, 6.07) is 11.6. The van der Waals surface area contributed by atoms with Crippen LogP contribution in [0.4, 0.5) is 0 Å². The minimum Gasteiger partial charge on any atom is -0.284 e. The molecule has 1 unspecified atom stereocenters. The highest BCUT2D eigenvalue weighted by Gasteiger charge is 2.65. The molecule has 2 rings (SSSR count). The zero-order valence-electron chi connectivity index (χ0n) is 13.0. The maximum absolute atomic E-state index is 5.94. The van der Waals surface area contributed by atoms with E-state index in [1.165, 1.54) is 4.90 Å². The van der Waals surface area contributed by atoms with Crippen molar-refractivity contribution in [3.8, 4) is 74.2 Å². The first-order valence-electron chi connectivity index (χ1n) is 6.97. The van der Waals surface area contributed by atoms with Crippen molar-refractivity contribution in [2.24, 2.45) is 10.8 Å². The predicted molar refractivity (Wildman–Crippen MR) is 97.0 cm³/mol. The average Bonchev–Trinajstić information content (AvgIpc) is 2.66. The van der Waals surface area contributed by atoms with E-state index < -0.39 is 16.4 Å². The molecule has 0 saturated carbocycles. The maximum atomic E-state index is 5.94. The van der Waals surface area contributed by atoms with E-state index in [0.29, 0.717) is 5.56 Å².